The number of carbonyl (C=O) groups excluding carboxylic acids is 5. The van der Waals surface area contributed by atoms with E-state index in [-0.39, 0.29) is 33.7 Å². The second-order valence-electron chi connectivity index (χ2n) is 10.2. The number of nitrogens with zero attached hydrogens (tertiary/aromatic N) is 2. The van der Waals surface area contributed by atoms with E-state index >= 15 is 0 Å². The van der Waals surface area contributed by atoms with Crippen LogP contribution in [0.5, 0.6) is 5.75 Å². The molecule has 4 atom stereocenters. The molecule has 41 heavy (non-hydrogen) atoms. The molecule has 1 saturated carbocycles. The Morgan fingerprint density at radius 1 is 0.854 bits per heavy atom. The number of benzene rings is 3. The number of halogens is 2. The summed E-state index contributed by atoms with van der Waals surface area (Å²) in [5, 5.41) is 1.89. The number of amides is 3. The minimum atomic E-state index is -0.731. The summed E-state index contributed by atoms with van der Waals surface area (Å²) in [6.07, 6.45) is 4.64. The zero-order valence-corrected chi connectivity index (χ0v) is 23.7. The second kappa shape index (κ2) is 10.7. The number of carbonyl (C=O) groups is 5. The Morgan fingerprint density at radius 3 is 2.05 bits per heavy atom. The van der Waals surface area contributed by atoms with Crippen LogP contribution in [0.25, 0.3) is 0 Å². The van der Waals surface area contributed by atoms with Crippen LogP contribution in [0.2, 0.25) is 5.02 Å². The molecule has 1 saturated heterocycles. The van der Waals surface area contributed by atoms with Crippen LogP contribution >= 0.6 is 27.5 Å². The van der Waals surface area contributed by atoms with Crippen LogP contribution in [0.15, 0.2) is 89.4 Å². The summed E-state index contributed by atoms with van der Waals surface area (Å²) in [4.78, 5) is 66.6. The minimum absolute atomic E-state index is 0.0629. The first kappa shape index (κ1) is 27.1. The number of esters is 1. The quantitative estimate of drug-likeness (QED) is 0.114. The van der Waals surface area contributed by atoms with Gasteiger partial charge in [0.25, 0.3) is 17.7 Å². The molecule has 0 spiro atoms. The van der Waals surface area contributed by atoms with Gasteiger partial charge in [0.15, 0.2) is 5.78 Å². The third-order valence-corrected chi connectivity index (χ3v) is 8.65. The van der Waals surface area contributed by atoms with Crippen molar-refractivity contribution in [3.8, 4) is 5.75 Å². The van der Waals surface area contributed by atoms with Crippen LogP contribution in [-0.4, -0.2) is 46.0 Å². The monoisotopic (exact) mass is 632 g/mol. The van der Waals surface area contributed by atoms with Crippen LogP contribution in [0, 0.1) is 23.7 Å². The zero-order valence-electron chi connectivity index (χ0n) is 21.4. The zero-order chi connectivity index (χ0) is 28.8. The molecule has 1 aliphatic heterocycles. The highest BCUT2D eigenvalue weighted by Gasteiger charge is 2.61. The number of allylic oxidation sites excluding steroid dienone is 2. The van der Waals surface area contributed by atoms with E-state index in [2.05, 4.69) is 15.9 Å². The van der Waals surface area contributed by atoms with Gasteiger partial charge in [0.2, 0.25) is 0 Å². The van der Waals surface area contributed by atoms with Gasteiger partial charge in [0, 0.05) is 10.0 Å². The highest BCUT2D eigenvalue weighted by molar-refractivity contribution is 9.10. The van der Waals surface area contributed by atoms with Crippen molar-refractivity contribution in [2.75, 3.05) is 6.54 Å². The van der Waals surface area contributed by atoms with Crippen molar-refractivity contribution >= 4 is 57.0 Å². The van der Waals surface area contributed by atoms with Crippen molar-refractivity contribution in [3.63, 3.8) is 0 Å². The molecule has 0 unspecified atom stereocenters. The minimum Gasteiger partial charge on any atom is -0.423 e. The number of hydrazine groups is 1. The Morgan fingerprint density at radius 2 is 1.44 bits per heavy atom. The molecule has 8 nitrogen and oxygen atoms in total. The molecule has 3 aromatic rings. The standard InChI is InChI=1S/C31H22BrClN2O6/c32-21-11-7-18(8-12-21)31(40)41-22-13-9-17(10-14-22)25(36)16-34(28(37)23-3-1-2-4-24(23)33)35-29(38)26-19-5-6-20(15-19)27(26)30(35)39/h1-14,19-20,26-27H,15-16H2/t19-,20-,26-,27+/m0/s1. The molecule has 0 N–H and O–H groups in total. The molecule has 206 valence electrons. The van der Waals surface area contributed by atoms with Gasteiger partial charge in [-0.05, 0) is 78.9 Å². The van der Waals surface area contributed by atoms with Crippen LogP contribution in [0.4, 0.5) is 0 Å². The lowest BCUT2D eigenvalue weighted by molar-refractivity contribution is -0.154. The molecule has 10 heteroatoms. The van der Waals surface area contributed by atoms with E-state index in [1.54, 1.807) is 36.4 Å². The van der Waals surface area contributed by atoms with Gasteiger partial charge in [-0.1, -0.05) is 51.8 Å². The van der Waals surface area contributed by atoms with E-state index in [0.717, 1.165) is 20.9 Å². The van der Waals surface area contributed by atoms with Gasteiger partial charge in [-0.15, -0.1) is 0 Å². The van der Waals surface area contributed by atoms with Gasteiger partial charge in [-0.3, -0.25) is 19.2 Å². The van der Waals surface area contributed by atoms with Gasteiger partial charge < -0.3 is 4.74 Å². The van der Waals surface area contributed by atoms with Crippen molar-refractivity contribution in [3.05, 3.63) is 111 Å². The topological polar surface area (TPSA) is 101 Å². The summed E-state index contributed by atoms with van der Waals surface area (Å²) in [5.41, 5.74) is 0.623. The third-order valence-electron chi connectivity index (χ3n) is 7.79. The van der Waals surface area contributed by atoms with Gasteiger partial charge >= 0.3 is 5.97 Å². The second-order valence-corrected chi connectivity index (χ2v) is 11.5. The van der Waals surface area contributed by atoms with Crippen LogP contribution in [-0.2, 0) is 9.59 Å². The molecule has 2 bridgehead atoms. The van der Waals surface area contributed by atoms with Gasteiger partial charge in [-0.2, -0.15) is 5.01 Å². The lowest BCUT2D eigenvalue weighted by atomic mass is 9.85. The first-order valence-electron chi connectivity index (χ1n) is 13.0. The van der Waals surface area contributed by atoms with E-state index in [4.69, 9.17) is 16.3 Å². The summed E-state index contributed by atoms with van der Waals surface area (Å²) in [6.45, 7) is -0.568. The molecular weight excluding hydrogens is 612 g/mol. The number of Topliss-reactive ketones (excluding diaryl/α,β-unsaturated/α-hetero) is 1. The number of fused-ring (bicyclic) bond motifs is 5. The van der Waals surface area contributed by atoms with Gasteiger partial charge in [0.05, 0.1) is 28.0 Å². The SMILES string of the molecule is O=C(CN(C(=O)c1ccccc1Cl)N1C(=O)[C@@H]2[C@H](C1=O)[C@H]1C=C[C@H]2C1)c1ccc(OC(=O)c2ccc(Br)cc2)cc1. The van der Waals surface area contributed by atoms with E-state index in [1.165, 1.54) is 36.4 Å². The predicted molar refractivity (Wildman–Crippen MR) is 152 cm³/mol. The van der Waals surface area contributed by atoms with Gasteiger partial charge in [-0.25, -0.2) is 9.80 Å². The summed E-state index contributed by atoms with van der Waals surface area (Å²) < 4.78 is 6.22. The Kier molecular flexibility index (Phi) is 7.09. The predicted octanol–water partition coefficient (Wildman–Crippen LogP) is 5.37. The average molecular weight is 634 g/mol. The van der Waals surface area contributed by atoms with Crippen LogP contribution < -0.4 is 4.74 Å². The molecule has 6 rings (SSSR count). The average Bonchev–Trinajstić information content (AvgIpc) is 3.66. The Balaban J connectivity index is 1.24. The van der Waals surface area contributed by atoms with Crippen molar-refractivity contribution < 1.29 is 28.7 Å². The van der Waals surface area contributed by atoms with E-state index in [0.29, 0.717) is 5.56 Å². The van der Waals surface area contributed by atoms with E-state index < -0.39 is 47.9 Å². The highest BCUT2D eigenvalue weighted by Crippen LogP contribution is 2.52. The van der Waals surface area contributed by atoms with E-state index in [9.17, 15) is 24.0 Å². The summed E-state index contributed by atoms with van der Waals surface area (Å²) in [7, 11) is 0. The van der Waals surface area contributed by atoms with Crippen LogP contribution in [0.1, 0.15) is 37.5 Å². The van der Waals surface area contributed by atoms with E-state index in [1.807, 2.05) is 12.2 Å². The summed E-state index contributed by atoms with van der Waals surface area (Å²) >= 11 is 9.60. The highest BCUT2D eigenvalue weighted by atomic mass is 79.9. The maximum Gasteiger partial charge on any atom is 0.343 e. The number of hydrogen-bond donors (Lipinski definition) is 0. The smallest absolute Gasteiger partial charge is 0.343 e. The molecular formula is C31H22BrClN2O6. The van der Waals surface area contributed by atoms with Crippen molar-refractivity contribution in [2.24, 2.45) is 23.7 Å². The van der Waals surface area contributed by atoms with Gasteiger partial charge in [0.1, 0.15) is 12.3 Å². The number of imide groups is 1. The first-order chi connectivity index (χ1) is 19.7. The molecule has 3 amide bonds. The maximum absolute atomic E-state index is 13.7. The summed E-state index contributed by atoms with van der Waals surface area (Å²) in [6, 6.07) is 18.8. The molecule has 0 aromatic heterocycles. The fraction of sp³-hybridized carbons (Fsp3) is 0.194. The molecule has 1 heterocycles. The van der Waals surface area contributed by atoms with Crippen molar-refractivity contribution in [1.29, 1.82) is 0 Å². The lowest BCUT2D eigenvalue weighted by Gasteiger charge is -2.31. The molecule has 2 aliphatic carbocycles. The fourth-order valence-electron chi connectivity index (χ4n) is 5.82. The lowest BCUT2D eigenvalue weighted by Crippen LogP contribution is -2.52. The molecule has 2 fully saturated rings. The number of hydrogen-bond acceptors (Lipinski definition) is 6. The molecule has 0 radical (unpaired) electrons. The maximum atomic E-state index is 13.7. The largest absolute Gasteiger partial charge is 0.423 e. The number of ketones is 1. The first-order valence-corrected chi connectivity index (χ1v) is 14.1. The molecule has 3 aromatic carbocycles. The third kappa shape index (κ3) is 4.89. The normalized spacial score (nSPS) is 22.1. The van der Waals surface area contributed by atoms with Crippen molar-refractivity contribution in [1.82, 2.24) is 10.0 Å². The molecule has 3 aliphatic rings. The van der Waals surface area contributed by atoms with Crippen LogP contribution in [0.3, 0.4) is 0 Å². The van der Waals surface area contributed by atoms with Crippen molar-refractivity contribution in [2.45, 2.75) is 6.42 Å². The Hall–Kier alpha value is -4.08. The summed E-state index contributed by atoms with van der Waals surface area (Å²) in [5.74, 6) is -3.78. The number of rotatable bonds is 7. The number of ether oxygens (including phenoxy) is 1. The Bertz CT molecular complexity index is 1590. The fourth-order valence-corrected chi connectivity index (χ4v) is 6.30. The Labute approximate surface area is 248 Å².